The summed E-state index contributed by atoms with van der Waals surface area (Å²) >= 11 is 0. The molecule has 2 aromatic carbocycles. The van der Waals surface area contributed by atoms with Gasteiger partial charge in [0.2, 0.25) is 0 Å². The Morgan fingerprint density at radius 1 is 1.21 bits per heavy atom. The van der Waals surface area contributed by atoms with Crippen molar-refractivity contribution in [3.63, 3.8) is 0 Å². The molecular formula is C20H19N5O3. The van der Waals surface area contributed by atoms with Gasteiger partial charge in [0.15, 0.2) is 0 Å². The van der Waals surface area contributed by atoms with Gasteiger partial charge in [0.25, 0.3) is 11.5 Å². The molecule has 0 saturated heterocycles. The van der Waals surface area contributed by atoms with E-state index >= 15 is 0 Å². The van der Waals surface area contributed by atoms with Crippen molar-refractivity contribution in [3.05, 3.63) is 70.4 Å². The Bertz CT molecular complexity index is 1210. The highest BCUT2D eigenvalue weighted by Crippen LogP contribution is 2.14. The lowest BCUT2D eigenvalue weighted by atomic mass is 10.1. The number of imidazole rings is 1. The van der Waals surface area contributed by atoms with Crippen LogP contribution in [0, 0.1) is 0 Å². The van der Waals surface area contributed by atoms with Crippen LogP contribution in [-0.4, -0.2) is 39.4 Å². The number of rotatable bonds is 6. The number of ether oxygens (including phenoxy) is 1. The highest BCUT2D eigenvalue weighted by Gasteiger charge is 2.13. The number of H-pyrrole nitrogens is 1. The van der Waals surface area contributed by atoms with Crippen LogP contribution in [0.5, 0.6) is 0 Å². The van der Waals surface area contributed by atoms with E-state index in [0.717, 1.165) is 16.4 Å². The lowest BCUT2D eigenvalue weighted by Crippen LogP contribution is -2.29. The molecule has 0 saturated carbocycles. The molecular weight excluding hydrogens is 358 g/mol. The Hall–Kier alpha value is -3.52. The Morgan fingerprint density at radius 3 is 2.86 bits per heavy atom. The average molecular weight is 377 g/mol. The molecule has 0 spiro atoms. The van der Waals surface area contributed by atoms with Gasteiger partial charge < -0.3 is 15.0 Å². The predicted molar refractivity (Wildman–Crippen MR) is 105 cm³/mol. The smallest absolute Gasteiger partial charge is 0.274 e. The van der Waals surface area contributed by atoms with Gasteiger partial charge in [-0.25, -0.2) is 9.67 Å². The maximum absolute atomic E-state index is 12.6. The summed E-state index contributed by atoms with van der Waals surface area (Å²) in [5, 5.41) is 8.62. The van der Waals surface area contributed by atoms with Crippen molar-refractivity contribution in [2.75, 3.05) is 13.7 Å². The monoisotopic (exact) mass is 377 g/mol. The summed E-state index contributed by atoms with van der Waals surface area (Å²) in [6.07, 6.45) is 1.59. The van der Waals surface area contributed by atoms with E-state index in [1.54, 1.807) is 37.7 Å². The minimum Gasteiger partial charge on any atom is -0.383 e. The Morgan fingerprint density at radius 2 is 2.04 bits per heavy atom. The van der Waals surface area contributed by atoms with Gasteiger partial charge in [0.1, 0.15) is 0 Å². The summed E-state index contributed by atoms with van der Waals surface area (Å²) in [7, 11) is 1.57. The lowest BCUT2D eigenvalue weighted by Gasteiger charge is -2.11. The van der Waals surface area contributed by atoms with Gasteiger partial charge in [-0.2, -0.15) is 5.10 Å². The third-order valence-electron chi connectivity index (χ3n) is 4.55. The van der Waals surface area contributed by atoms with E-state index in [1.165, 1.54) is 4.68 Å². The van der Waals surface area contributed by atoms with Gasteiger partial charge in [0, 0.05) is 18.1 Å². The van der Waals surface area contributed by atoms with Crippen molar-refractivity contribution >= 4 is 27.7 Å². The number of methoxy groups -OCH3 is 1. The molecule has 4 rings (SSSR count). The van der Waals surface area contributed by atoms with Gasteiger partial charge in [0.05, 0.1) is 48.1 Å². The molecule has 2 N–H and O–H groups in total. The number of benzene rings is 2. The Balaban J connectivity index is 1.62. The molecule has 0 radical (unpaired) electrons. The predicted octanol–water partition coefficient (Wildman–Crippen LogP) is 1.85. The van der Waals surface area contributed by atoms with Gasteiger partial charge >= 0.3 is 0 Å². The molecule has 0 aliphatic heterocycles. The van der Waals surface area contributed by atoms with Gasteiger partial charge in [-0.1, -0.05) is 18.2 Å². The molecule has 142 valence electrons. The fourth-order valence-corrected chi connectivity index (χ4v) is 3.11. The normalized spacial score (nSPS) is 11.2. The van der Waals surface area contributed by atoms with Gasteiger partial charge in [-0.05, 0) is 24.3 Å². The van der Waals surface area contributed by atoms with Crippen LogP contribution in [0.3, 0.4) is 0 Å². The van der Waals surface area contributed by atoms with E-state index < -0.39 is 0 Å². The highest BCUT2D eigenvalue weighted by molar-refractivity contribution is 5.97. The molecule has 0 unspecified atom stereocenters. The minimum absolute atomic E-state index is 0.174. The third-order valence-corrected chi connectivity index (χ3v) is 4.55. The second-order valence-corrected chi connectivity index (χ2v) is 6.33. The topological polar surface area (TPSA) is 102 Å². The maximum atomic E-state index is 12.6. The highest BCUT2D eigenvalue weighted by atomic mass is 16.5. The summed E-state index contributed by atoms with van der Waals surface area (Å²) in [4.78, 5) is 32.3. The first kappa shape index (κ1) is 17.9. The Labute approximate surface area is 160 Å². The van der Waals surface area contributed by atoms with E-state index in [1.807, 2.05) is 18.2 Å². The number of nitrogens with one attached hydrogen (secondary N) is 2. The number of aromatic amines is 1. The average Bonchev–Trinajstić information content (AvgIpc) is 3.20. The number of hydrogen-bond donors (Lipinski definition) is 2. The molecule has 0 aliphatic rings. The van der Waals surface area contributed by atoms with E-state index in [9.17, 15) is 9.59 Å². The quantitative estimate of drug-likeness (QED) is 0.534. The van der Waals surface area contributed by atoms with Crippen LogP contribution in [0.15, 0.2) is 53.6 Å². The van der Waals surface area contributed by atoms with Crippen molar-refractivity contribution in [2.45, 2.75) is 13.1 Å². The molecule has 28 heavy (non-hydrogen) atoms. The van der Waals surface area contributed by atoms with Crippen LogP contribution in [0.2, 0.25) is 0 Å². The number of carbonyl (C=O) groups excluding carboxylic acids is 1. The summed E-state index contributed by atoms with van der Waals surface area (Å²) < 4.78 is 6.44. The molecule has 4 aromatic rings. The zero-order valence-electron chi connectivity index (χ0n) is 15.3. The molecule has 0 fully saturated rings. The summed E-state index contributed by atoms with van der Waals surface area (Å²) in [6.45, 7) is 0.923. The number of hydrogen-bond acceptors (Lipinski definition) is 5. The van der Waals surface area contributed by atoms with Crippen molar-refractivity contribution in [1.82, 2.24) is 25.1 Å². The van der Waals surface area contributed by atoms with Crippen LogP contribution in [0.1, 0.15) is 16.1 Å². The van der Waals surface area contributed by atoms with E-state index in [2.05, 4.69) is 20.4 Å². The number of amides is 1. The number of carbonyl (C=O) groups is 1. The van der Waals surface area contributed by atoms with Crippen molar-refractivity contribution in [3.8, 4) is 0 Å². The number of aromatic nitrogens is 4. The molecule has 8 nitrogen and oxygen atoms in total. The largest absolute Gasteiger partial charge is 0.383 e. The fraction of sp³-hybridized carbons (Fsp3) is 0.200. The molecule has 8 heteroatoms. The Kier molecular flexibility index (Phi) is 4.86. The van der Waals surface area contributed by atoms with Crippen molar-refractivity contribution in [1.29, 1.82) is 0 Å². The van der Waals surface area contributed by atoms with Crippen LogP contribution in [0.4, 0.5) is 0 Å². The molecule has 1 amide bonds. The first-order valence-electron chi connectivity index (χ1n) is 8.86. The van der Waals surface area contributed by atoms with E-state index in [4.69, 9.17) is 4.74 Å². The second-order valence-electron chi connectivity index (χ2n) is 6.33. The molecule has 2 heterocycles. The fourth-order valence-electron chi connectivity index (χ4n) is 3.11. The number of fused-ring (bicyclic) bond motifs is 2. The minimum atomic E-state index is -0.225. The van der Waals surface area contributed by atoms with Crippen LogP contribution in [-0.2, 0) is 17.8 Å². The summed E-state index contributed by atoms with van der Waals surface area (Å²) in [5.41, 5.74) is 2.57. The van der Waals surface area contributed by atoms with Gasteiger partial charge in [-0.15, -0.1) is 0 Å². The summed E-state index contributed by atoms with van der Waals surface area (Å²) in [5.74, 6) is -0.225. The molecule has 0 aliphatic carbocycles. The zero-order chi connectivity index (χ0) is 19.5. The van der Waals surface area contributed by atoms with Gasteiger partial charge in [-0.3, -0.25) is 9.59 Å². The molecule has 0 atom stereocenters. The van der Waals surface area contributed by atoms with Crippen LogP contribution < -0.4 is 10.9 Å². The van der Waals surface area contributed by atoms with E-state index in [0.29, 0.717) is 29.8 Å². The van der Waals surface area contributed by atoms with Crippen molar-refractivity contribution in [2.24, 2.45) is 0 Å². The first-order chi connectivity index (χ1) is 13.7. The number of nitrogens with zero attached hydrogens (tertiary/aromatic N) is 3. The zero-order valence-corrected chi connectivity index (χ0v) is 15.3. The molecule has 0 bridgehead atoms. The molecule has 2 aromatic heterocycles. The SMILES string of the molecule is COCCn1nc(CNC(=O)c2ccc3nc[nH]c3c2)c2ccccc2c1=O. The maximum Gasteiger partial charge on any atom is 0.274 e. The standard InChI is InChI=1S/C20H19N5O3/c1-28-9-8-25-20(27)15-5-3-2-4-14(15)18(24-25)11-21-19(26)13-6-7-16-17(10-13)23-12-22-16/h2-7,10,12H,8-9,11H2,1H3,(H,21,26)(H,22,23). The summed E-state index contributed by atoms with van der Waals surface area (Å²) in [6, 6.07) is 12.5. The van der Waals surface area contributed by atoms with E-state index in [-0.39, 0.29) is 18.0 Å². The first-order valence-corrected chi connectivity index (χ1v) is 8.86. The van der Waals surface area contributed by atoms with Crippen LogP contribution in [0.25, 0.3) is 21.8 Å². The lowest BCUT2D eigenvalue weighted by molar-refractivity contribution is 0.0950. The van der Waals surface area contributed by atoms with Crippen LogP contribution >= 0.6 is 0 Å². The second kappa shape index (κ2) is 7.61. The third kappa shape index (κ3) is 3.37. The van der Waals surface area contributed by atoms with Crippen molar-refractivity contribution < 1.29 is 9.53 Å².